The number of hydrogen-bond donors (Lipinski definition) is 6. The fraction of sp³-hybridized carbons (Fsp3) is 0.476. The first kappa shape index (κ1) is 22.9. The molecule has 14 nitrogen and oxygen atoms in total. The summed E-state index contributed by atoms with van der Waals surface area (Å²) in [4.78, 5) is 48.5. The maximum Gasteiger partial charge on any atom is 0.251 e. The predicted molar refractivity (Wildman–Crippen MR) is 121 cm³/mol. The number of benzene rings is 1. The molecular weight excluding hydrogens is 460 g/mol. The molecule has 0 bridgehead atoms. The molecule has 35 heavy (non-hydrogen) atoms. The van der Waals surface area contributed by atoms with Crippen molar-refractivity contribution in [1.82, 2.24) is 20.4 Å². The van der Waals surface area contributed by atoms with Crippen LogP contribution in [0.1, 0.15) is 23.2 Å². The highest BCUT2D eigenvalue weighted by Gasteiger charge is 2.73. The Morgan fingerprint density at radius 2 is 1.97 bits per heavy atom. The Labute approximate surface area is 199 Å². The molecule has 2 fully saturated rings. The minimum atomic E-state index is -2.63. The van der Waals surface area contributed by atoms with Gasteiger partial charge in [0.25, 0.3) is 5.91 Å². The van der Waals surface area contributed by atoms with E-state index in [9.17, 15) is 24.6 Å². The number of nitrogens with one attached hydrogen (secondary N) is 2. The molecule has 1 spiro atoms. The molecule has 3 amide bonds. The van der Waals surface area contributed by atoms with Gasteiger partial charge < -0.3 is 42.0 Å². The van der Waals surface area contributed by atoms with Crippen LogP contribution in [0.5, 0.6) is 5.75 Å². The van der Waals surface area contributed by atoms with E-state index in [1.54, 1.807) is 18.2 Å². The standard InChI is InChI=1S/C21H26N8O6/c1-35-11-4-2-3-10(7-11)17(32)25-13-9-29-19(23)24-12(8-28-14(30)5-6-15(28)31)16-20(29,21(13,33)34)27-18(22)26-16/h2-4,7,12-13,16,33-34H,5-6,8-9H2,1H3,(H2,23,24)(H,25,32)(H3,22,26,27)/t12-,13?,16?,20+/m0/s1. The van der Waals surface area contributed by atoms with Crippen molar-refractivity contribution in [2.24, 2.45) is 21.5 Å². The second-order valence-corrected chi connectivity index (χ2v) is 8.90. The van der Waals surface area contributed by atoms with Crippen molar-refractivity contribution in [2.75, 3.05) is 20.2 Å². The number of guanidine groups is 2. The quantitative estimate of drug-likeness (QED) is 0.180. The third kappa shape index (κ3) is 3.28. The summed E-state index contributed by atoms with van der Waals surface area (Å²) >= 11 is 0. The summed E-state index contributed by atoms with van der Waals surface area (Å²) in [6.45, 7) is -0.271. The smallest absolute Gasteiger partial charge is 0.251 e. The van der Waals surface area contributed by atoms with Gasteiger partial charge in [0.2, 0.25) is 17.6 Å². The van der Waals surface area contributed by atoms with E-state index >= 15 is 0 Å². The van der Waals surface area contributed by atoms with Gasteiger partial charge in [0.05, 0.1) is 19.7 Å². The van der Waals surface area contributed by atoms with Gasteiger partial charge in [0.15, 0.2) is 17.6 Å². The summed E-state index contributed by atoms with van der Waals surface area (Å²) < 4.78 is 5.15. The fourth-order valence-corrected chi connectivity index (χ4v) is 5.25. The van der Waals surface area contributed by atoms with Crippen LogP contribution in [0.15, 0.2) is 34.3 Å². The maximum atomic E-state index is 12.9. The number of aliphatic hydroxyl groups is 2. The Morgan fingerprint density at radius 3 is 2.66 bits per heavy atom. The molecular formula is C21H26N8O6. The monoisotopic (exact) mass is 486 g/mol. The van der Waals surface area contributed by atoms with Crippen molar-refractivity contribution in [3.8, 4) is 5.75 Å². The van der Waals surface area contributed by atoms with Crippen LogP contribution in [0.2, 0.25) is 0 Å². The lowest BCUT2D eigenvalue weighted by molar-refractivity contribution is -0.230. The van der Waals surface area contributed by atoms with Crippen molar-refractivity contribution in [1.29, 1.82) is 0 Å². The second-order valence-electron chi connectivity index (χ2n) is 8.90. The van der Waals surface area contributed by atoms with Crippen molar-refractivity contribution >= 4 is 29.6 Å². The van der Waals surface area contributed by atoms with Crippen LogP contribution in [0, 0.1) is 0 Å². The SMILES string of the molecule is COc1cccc(C(=O)NC2CN3C(N)=N[C@@H](CN4C(=O)CCC4=O)C4N=C(N)N[C@]43C2(O)O)c1. The van der Waals surface area contributed by atoms with E-state index in [2.05, 4.69) is 20.6 Å². The van der Waals surface area contributed by atoms with Gasteiger partial charge in [0, 0.05) is 24.9 Å². The van der Waals surface area contributed by atoms with Crippen LogP contribution in [0.3, 0.4) is 0 Å². The summed E-state index contributed by atoms with van der Waals surface area (Å²) in [5.74, 6) is -3.61. The molecule has 4 aliphatic rings. The Hall–Kier alpha value is -3.91. The van der Waals surface area contributed by atoms with Crippen molar-refractivity contribution in [3.05, 3.63) is 29.8 Å². The number of methoxy groups -OCH3 is 1. The number of aliphatic imine (C=N–C) groups is 2. The minimum Gasteiger partial charge on any atom is -0.497 e. The van der Waals surface area contributed by atoms with Crippen LogP contribution < -0.4 is 26.8 Å². The summed E-state index contributed by atoms with van der Waals surface area (Å²) in [7, 11) is 1.47. The molecule has 1 aromatic rings. The molecule has 4 heterocycles. The highest BCUT2D eigenvalue weighted by atomic mass is 16.5. The molecule has 8 N–H and O–H groups in total. The molecule has 0 radical (unpaired) electrons. The Balaban J connectivity index is 1.46. The average Bonchev–Trinajstić information content (AvgIpc) is 3.42. The second kappa shape index (κ2) is 7.81. The zero-order valence-electron chi connectivity index (χ0n) is 18.8. The first-order chi connectivity index (χ1) is 16.6. The summed E-state index contributed by atoms with van der Waals surface area (Å²) in [5.41, 5.74) is 10.6. The molecule has 0 saturated carbocycles. The number of amides is 3. The number of ether oxygens (including phenoxy) is 1. The van der Waals surface area contributed by atoms with Gasteiger partial charge in [0.1, 0.15) is 17.8 Å². The van der Waals surface area contributed by atoms with Crippen LogP contribution in [0.4, 0.5) is 0 Å². The van der Waals surface area contributed by atoms with Gasteiger partial charge in [-0.15, -0.1) is 0 Å². The molecule has 4 aliphatic heterocycles. The van der Waals surface area contributed by atoms with Crippen LogP contribution in [0.25, 0.3) is 0 Å². The summed E-state index contributed by atoms with van der Waals surface area (Å²) in [6.07, 6.45) is 0.192. The molecule has 2 unspecified atom stereocenters. The average molecular weight is 486 g/mol. The van der Waals surface area contributed by atoms with Gasteiger partial charge in [-0.05, 0) is 18.2 Å². The van der Waals surface area contributed by atoms with Crippen molar-refractivity contribution in [2.45, 2.75) is 42.4 Å². The van der Waals surface area contributed by atoms with E-state index in [1.807, 2.05) is 0 Å². The van der Waals surface area contributed by atoms with Crippen LogP contribution >= 0.6 is 0 Å². The zero-order chi connectivity index (χ0) is 25.1. The van der Waals surface area contributed by atoms with Gasteiger partial charge in [-0.2, -0.15) is 0 Å². The summed E-state index contributed by atoms with van der Waals surface area (Å²) in [5, 5.41) is 28.4. The number of nitrogens with two attached hydrogens (primary N) is 2. The van der Waals surface area contributed by atoms with E-state index in [0.29, 0.717) is 5.75 Å². The van der Waals surface area contributed by atoms with E-state index in [1.165, 1.54) is 18.1 Å². The zero-order valence-corrected chi connectivity index (χ0v) is 18.8. The molecule has 1 aromatic carbocycles. The first-order valence-corrected chi connectivity index (χ1v) is 11.0. The van der Waals surface area contributed by atoms with E-state index < -0.39 is 35.5 Å². The Morgan fingerprint density at radius 1 is 1.26 bits per heavy atom. The van der Waals surface area contributed by atoms with E-state index in [-0.39, 0.29) is 55.2 Å². The number of likely N-dealkylation sites (tertiary alicyclic amines) is 1. The number of imide groups is 1. The Kier molecular flexibility index (Phi) is 5.10. The molecule has 14 heteroatoms. The lowest BCUT2D eigenvalue weighted by Crippen LogP contribution is -2.78. The van der Waals surface area contributed by atoms with E-state index in [0.717, 1.165) is 4.90 Å². The first-order valence-electron chi connectivity index (χ1n) is 11.0. The number of rotatable bonds is 5. The normalized spacial score (nSPS) is 30.9. The van der Waals surface area contributed by atoms with E-state index in [4.69, 9.17) is 16.2 Å². The highest BCUT2D eigenvalue weighted by Crippen LogP contribution is 2.45. The predicted octanol–water partition coefficient (Wildman–Crippen LogP) is -3.38. The minimum absolute atomic E-state index is 0.0756. The largest absolute Gasteiger partial charge is 0.497 e. The van der Waals surface area contributed by atoms with Crippen LogP contribution in [-0.2, 0) is 9.59 Å². The molecule has 5 rings (SSSR count). The molecule has 0 aliphatic carbocycles. The molecule has 2 saturated heterocycles. The number of carbonyl (C=O) groups excluding carboxylic acids is 3. The number of hydrogen-bond acceptors (Lipinski definition) is 12. The highest BCUT2D eigenvalue weighted by molar-refractivity contribution is 6.02. The summed E-state index contributed by atoms with van der Waals surface area (Å²) in [6, 6.07) is 3.23. The van der Waals surface area contributed by atoms with Crippen molar-refractivity contribution in [3.63, 3.8) is 0 Å². The lowest BCUT2D eigenvalue weighted by Gasteiger charge is -2.49. The molecule has 0 aromatic heterocycles. The van der Waals surface area contributed by atoms with Gasteiger partial charge in [-0.3, -0.25) is 19.3 Å². The molecule has 186 valence electrons. The number of nitrogens with zero attached hydrogens (tertiary/aromatic N) is 4. The third-order valence-corrected chi connectivity index (χ3v) is 6.96. The van der Waals surface area contributed by atoms with Gasteiger partial charge in [-0.1, -0.05) is 6.07 Å². The third-order valence-electron chi connectivity index (χ3n) is 6.96. The Bertz CT molecular complexity index is 1150. The van der Waals surface area contributed by atoms with Crippen molar-refractivity contribution < 1.29 is 29.3 Å². The molecule has 4 atom stereocenters. The number of carbonyl (C=O) groups is 3. The van der Waals surface area contributed by atoms with Crippen LogP contribution in [-0.4, -0.2) is 99.4 Å². The van der Waals surface area contributed by atoms with Gasteiger partial charge in [-0.25, -0.2) is 9.98 Å². The van der Waals surface area contributed by atoms with Gasteiger partial charge >= 0.3 is 0 Å². The fourth-order valence-electron chi connectivity index (χ4n) is 5.25. The lowest BCUT2D eigenvalue weighted by atomic mass is 9.84. The topological polar surface area (TPSA) is 208 Å². The maximum absolute atomic E-state index is 12.9.